The van der Waals surface area contributed by atoms with E-state index in [0.717, 1.165) is 16.8 Å². The summed E-state index contributed by atoms with van der Waals surface area (Å²) in [6.45, 7) is 2.47. The SMILES string of the molecule is Cc1ccc(O)c(CNc2ccc(C#N)c(Cl)c2)c1. The van der Waals surface area contributed by atoms with Crippen LogP contribution in [0.4, 0.5) is 5.69 Å². The van der Waals surface area contributed by atoms with Crippen molar-refractivity contribution in [3.05, 3.63) is 58.1 Å². The van der Waals surface area contributed by atoms with Gasteiger partial charge in [0.1, 0.15) is 11.8 Å². The second-order valence-electron chi connectivity index (χ2n) is 4.29. The minimum Gasteiger partial charge on any atom is -0.508 e. The fraction of sp³-hybridized carbons (Fsp3) is 0.133. The summed E-state index contributed by atoms with van der Waals surface area (Å²) in [6, 6.07) is 12.6. The van der Waals surface area contributed by atoms with Gasteiger partial charge in [0.2, 0.25) is 0 Å². The molecule has 96 valence electrons. The van der Waals surface area contributed by atoms with E-state index >= 15 is 0 Å². The van der Waals surface area contributed by atoms with Crippen LogP contribution in [0.2, 0.25) is 5.02 Å². The highest BCUT2D eigenvalue weighted by atomic mass is 35.5. The van der Waals surface area contributed by atoms with Crippen LogP contribution >= 0.6 is 11.6 Å². The third-order valence-corrected chi connectivity index (χ3v) is 3.12. The number of hydrogen-bond donors (Lipinski definition) is 2. The molecule has 19 heavy (non-hydrogen) atoms. The third kappa shape index (κ3) is 3.18. The van der Waals surface area contributed by atoms with Crippen LogP contribution in [0.3, 0.4) is 0 Å². The Morgan fingerprint density at radius 3 is 2.74 bits per heavy atom. The lowest BCUT2D eigenvalue weighted by Crippen LogP contribution is -2.00. The van der Waals surface area contributed by atoms with Gasteiger partial charge in [-0.25, -0.2) is 0 Å². The minimum atomic E-state index is 0.262. The topological polar surface area (TPSA) is 56.0 Å². The van der Waals surface area contributed by atoms with Crippen molar-refractivity contribution in [3.63, 3.8) is 0 Å². The van der Waals surface area contributed by atoms with Crippen LogP contribution < -0.4 is 5.32 Å². The quantitative estimate of drug-likeness (QED) is 0.893. The van der Waals surface area contributed by atoms with Gasteiger partial charge >= 0.3 is 0 Å². The number of hydrogen-bond acceptors (Lipinski definition) is 3. The Bertz CT molecular complexity index is 647. The maximum atomic E-state index is 9.74. The van der Waals surface area contributed by atoms with Gasteiger partial charge in [-0.3, -0.25) is 0 Å². The van der Waals surface area contributed by atoms with Crippen LogP contribution in [-0.2, 0) is 6.54 Å². The van der Waals surface area contributed by atoms with Gasteiger partial charge in [0, 0.05) is 17.8 Å². The van der Waals surface area contributed by atoms with Gasteiger partial charge in [-0.1, -0.05) is 29.3 Å². The van der Waals surface area contributed by atoms with Gasteiger partial charge in [-0.05, 0) is 31.2 Å². The molecule has 2 N–H and O–H groups in total. The highest BCUT2D eigenvalue weighted by molar-refractivity contribution is 6.32. The standard InChI is InChI=1S/C15H13ClN2O/c1-10-2-5-15(19)12(6-10)9-18-13-4-3-11(8-17)14(16)7-13/h2-7,18-19H,9H2,1H3. The summed E-state index contributed by atoms with van der Waals surface area (Å²) >= 11 is 5.96. The van der Waals surface area contributed by atoms with Crippen molar-refractivity contribution >= 4 is 17.3 Å². The summed E-state index contributed by atoms with van der Waals surface area (Å²) in [7, 11) is 0. The Morgan fingerprint density at radius 1 is 1.26 bits per heavy atom. The van der Waals surface area contributed by atoms with E-state index in [4.69, 9.17) is 16.9 Å². The molecule has 0 fully saturated rings. The molecule has 0 unspecified atom stereocenters. The van der Waals surface area contributed by atoms with Crippen LogP contribution in [0.5, 0.6) is 5.75 Å². The molecular formula is C15H13ClN2O. The summed E-state index contributed by atoms with van der Waals surface area (Å²) in [6.07, 6.45) is 0. The van der Waals surface area contributed by atoms with Gasteiger partial charge in [-0.2, -0.15) is 5.26 Å². The number of aromatic hydroxyl groups is 1. The van der Waals surface area contributed by atoms with Crippen molar-refractivity contribution in [2.24, 2.45) is 0 Å². The minimum absolute atomic E-state index is 0.262. The van der Waals surface area contributed by atoms with Crippen molar-refractivity contribution in [2.75, 3.05) is 5.32 Å². The number of phenols is 1. The number of rotatable bonds is 3. The van der Waals surface area contributed by atoms with Crippen molar-refractivity contribution < 1.29 is 5.11 Å². The van der Waals surface area contributed by atoms with Crippen LogP contribution in [0, 0.1) is 18.3 Å². The number of phenolic OH excluding ortho intramolecular Hbond substituents is 1. The molecular weight excluding hydrogens is 260 g/mol. The maximum Gasteiger partial charge on any atom is 0.120 e. The molecule has 0 bridgehead atoms. The van der Waals surface area contributed by atoms with Crippen LogP contribution in [0.15, 0.2) is 36.4 Å². The molecule has 4 heteroatoms. The fourth-order valence-electron chi connectivity index (χ4n) is 1.77. The first-order valence-corrected chi connectivity index (χ1v) is 6.20. The van der Waals surface area contributed by atoms with E-state index in [2.05, 4.69) is 5.32 Å². The zero-order valence-electron chi connectivity index (χ0n) is 10.4. The smallest absolute Gasteiger partial charge is 0.120 e. The largest absolute Gasteiger partial charge is 0.508 e. The van der Waals surface area contributed by atoms with Gasteiger partial charge in [-0.15, -0.1) is 0 Å². The van der Waals surface area contributed by atoms with Crippen LogP contribution in [0.1, 0.15) is 16.7 Å². The van der Waals surface area contributed by atoms with E-state index in [1.165, 1.54) is 0 Å². The van der Waals surface area contributed by atoms with Gasteiger partial charge in [0.15, 0.2) is 0 Å². The molecule has 2 aromatic rings. The van der Waals surface area contributed by atoms with Crippen molar-refractivity contribution in [3.8, 4) is 11.8 Å². The Morgan fingerprint density at radius 2 is 2.05 bits per heavy atom. The predicted octanol–water partition coefficient (Wildman–Crippen LogP) is 3.84. The number of anilines is 1. The molecule has 0 aliphatic heterocycles. The monoisotopic (exact) mass is 272 g/mol. The summed E-state index contributed by atoms with van der Waals surface area (Å²) in [5.41, 5.74) is 3.17. The van der Waals surface area contributed by atoms with Crippen molar-refractivity contribution in [1.82, 2.24) is 0 Å². The zero-order valence-corrected chi connectivity index (χ0v) is 11.2. The molecule has 0 radical (unpaired) electrons. The molecule has 3 nitrogen and oxygen atoms in total. The molecule has 0 atom stereocenters. The molecule has 2 rings (SSSR count). The molecule has 0 aromatic heterocycles. The Labute approximate surface area is 117 Å². The summed E-state index contributed by atoms with van der Waals surface area (Å²) in [5.74, 6) is 0.262. The Balaban J connectivity index is 2.13. The van der Waals surface area contributed by atoms with Crippen LogP contribution in [0.25, 0.3) is 0 Å². The highest BCUT2D eigenvalue weighted by Gasteiger charge is 2.03. The van der Waals surface area contributed by atoms with Gasteiger partial charge < -0.3 is 10.4 Å². The van der Waals surface area contributed by atoms with Crippen molar-refractivity contribution in [2.45, 2.75) is 13.5 Å². The average molecular weight is 273 g/mol. The first kappa shape index (κ1) is 13.3. The zero-order chi connectivity index (χ0) is 13.8. The third-order valence-electron chi connectivity index (χ3n) is 2.81. The molecule has 0 amide bonds. The average Bonchev–Trinajstić information content (AvgIpc) is 2.40. The van der Waals surface area contributed by atoms with E-state index in [1.54, 1.807) is 24.3 Å². The first-order chi connectivity index (χ1) is 9.10. The molecule has 0 saturated heterocycles. The van der Waals surface area contributed by atoms with E-state index in [9.17, 15) is 5.11 Å². The molecule has 0 aliphatic carbocycles. The van der Waals surface area contributed by atoms with Crippen molar-refractivity contribution in [1.29, 1.82) is 5.26 Å². The highest BCUT2D eigenvalue weighted by Crippen LogP contribution is 2.23. The van der Waals surface area contributed by atoms with E-state index < -0.39 is 0 Å². The summed E-state index contributed by atoms with van der Waals surface area (Å²) in [5, 5.41) is 22.1. The normalized spacial score (nSPS) is 9.95. The molecule has 0 aliphatic rings. The van der Waals surface area contributed by atoms with Crippen LogP contribution in [-0.4, -0.2) is 5.11 Å². The molecule has 0 spiro atoms. The Kier molecular flexibility index (Phi) is 3.94. The van der Waals surface area contributed by atoms with E-state index in [0.29, 0.717) is 17.1 Å². The molecule has 0 heterocycles. The Hall–Kier alpha value is -2.18. The van der Waals surface area contributed by atoms with E-state index in [1.807, 2.05) is 25.1 Å². The van der Waals surface area contributed by atoms with E-state index in [-0.39, 0.29) is 5.75 Å². The number of aryl methyl sites for hydroxylation is 1. The number of benzene rings is 2. The lowest BCUT2D eigenvalue weighted by Gasteiger charge is -2.09. The number of nitrogens with zero attached hydrogens (tertiary/aromatic N) is 1. The second-order valence-corrected chi connectivity index (χ2v) is 4.70. The number of nitrogens with one attached hydrogen (secondary N) is 1. The fourth-order valence-corrected chi connectivity index (χ4v) is 1.99. The number of halogens is 1. The van der Waals surface area contributed by atoms with Gasteiger partial charge in [0.05, 0.1) is 10.6 Å². The summed E-state index contributed by atoms with van der Waals surface area (Å²) < 4.78 is 0. The summed E-state index contributed by atoms with van der Waals surface area (Å²) in [4.78, 5) is 0. The molecule has 2 aromatic carbocycles. The predicted molar refractivity (Wildman–Crippen MR) is 76.3 cm³/mol. The maximum absolute atomic E-state index is 9.74. The lowest BCUT2D eigenvalue weighted by molar-refractivity contribution is 0.469. The number of nitriles is 1. The lowest BCUT2D eigenvalue weighted by atomic mass is 10.1. The van der Waals surface area contributed by atoms with Gasteiger partial charge in [0.25, 0.3) is 0 Å². The first-order valence-electron chi connectivity index (χ1n) is 5.82. The molecule has 0 saturated carbocycles. The second kappa shape index (κ2) is 5.64.